The van der Waals surface area contributed by atoms with E-state index in [0.29, 0.717) is 16.8 Å². The lowest BCUT2D eigenvalue weighted by molar-refractivity contribution is 0.322. The van der Waals surface area contributed by atoms with Crippen molar-refractivity contribution in [2.75, 3.05) is 12.3 Å². The molecule has 100 valence electrons. The number of nitrogens with two attached hydrogens (primary N) is 1. The molecule has 1 aromatic heterocycles. The highest BCUT2D eigenvalue weighted by molar-refractivity contribution is 9.10. The predicted molar refractivity (Wildman–Crippen MR) is 74.0 cm³/mol. The quantitative estimate of drug-likeness (QED) is 0.929. The summed E-state index contributed by atoms with van der Waals surface area (Å²) < 4.78 is 24.9. The van der Waals surface area contributed by atoms with Crippen LogP contribution in [0.3, 0.4) is 0 Å². The molecule has 2 aromatic rings. The van der Waals surface area contributed by atoms with Crippen molar-refractivity contribution in [3.05, 3.63) is 40.6 Å². The van der Waals surface area contributed by atoms with Crippen LogP contribution in [0.2, 0.25) is 0 Å². The van der Waals surface area contributed by atoms with Crippen LogP contribution >= 0.6 is 15.9 Å². The lowest BCUT2D eigenvalue weighted by Gasteiger charge is -2.09. The number of ether oxygens (including phenoxy) is 2. The van der Waals surface area contributed by atoms with Crippen LogP contribution in [0.5, 0.6) is 17.5 Å². The number of halogens is 2. The Bertz CT molecular complexity index is 593. The van der Waals surface area contributed by atoms with Crippen LogP contribution in [-0.4, -0.2) is 11.6 Å². The highest BCUT2D eigenvalue weighted by atomic mass is 79.9. The van der Waals surface area contributed by atoms with E-state index < -0.39 is 5.82 Å². The molecular formula is C13H12BrFN2O2. The summed E-state index contributed by atoms with van der Waals surface area (Å²) in [4.78, 5) is 4.08. The molecule has 0 saturated heterocycles. The van der Waals surface area contributed by atoms with Crippen molar-refractivity contribution in [1.82, 2.24) is 4.98 Å². The van der Waals surface area contributed by atoms with Gasteiger partial charge in [-0.15, -0.1) is 0 Å². The van der Waals surface area contributed by atoms with E-state index in [-0.39, 0.29) is 17.5 Å². The second-order valence-corrected chi connectivity index (χ2v) is 4.57. The van der Waals surface area contributed by atoms with Crippen LogP contribution in [0.15, 0.2) is 34.8 Å². The van der Waals surface area contributed by atoms with E-state index in [1.54, 1.807) is 18.2 Å². The first-order valence-corrected chi connectivity index (χ1v) is 6.41. The second kappa shape index (κ2) is 5.88. The van der Waals surface area contributed by atoms with Crippen LogP contribution in [0.4, 0.5) is 10.1 Å². The van der Waals surface area contributed by atoms with Gasteiger partial charge in [0.1, 0.15) is 0 Å². The van der Waals surface area contributed by atoms with Crippen LogP contribution < -0.4 is 15.2 Å². The molecule has 0 radical (unpaired) electrons. The number of hydrogen-bond donors (Lipinski definition) is 1. The summed E-state index contributed by atoms with van der Waals surface area (Å²) in [5.74, 6) is 0.0962. The molecule has 6 heteroatoms. The minimum Gasteiger partial charge on any atom is -0.476 e. The molecule has 2 rings (SSSR count). The zero-order chi connectivity index (χ0) is 13.8. The smallest absolute Gasteiger partial charge is 0.240 e. The normalized spacial score (nSPS) is 10.3. The number of nitrogens with zero attached hydrogens (tertiary/aromatic N) is 1. The molecule has 4 nitrogen and oxygen atoms in total. The van der Waals surface area contributed by atoms with Crippen molar-refractivity contribution in [1.29, 1.82) is 0 Å². The standard InChI is InChI=1S/C13H12BrFN2O2/c1-2-18-13-10(16)5-6-12(17-13)19-11-7-8(14)3-4-9(11)15/h3-7H,2,16H2,1H3. The van der Waals surface area contributed by atoms with Gasteiger partial charge in [-0.2, -0.15) is 4.98 Å². The van der Waals surface area contributed by atoms with Crippen molar-refractivity contribution in [2.45, 2.75) is 6.92 Å². The Morgan fingerprint density at radius 3 is 2.84 bits per heavy atom. The van der Waals surface area contributed by atoms with Crippen LogP contribution in [0, 0.1) is 5.82 Å². The van der Waals surface area contributed by atoms with Crippen LogP contribution in [0.25, 0.3) is 0 Å². The Hall–Kier alpha value is -1.82. The Balaban J connectivity index is 2.28. The molecule has 0 aliphatic carbocycles. The summed E-state index contributed by atoms with van der Waals surface area (Å²) in [5, 5.41) is 0. The first kappa shape index (κ1) is 13.6. The lowest BCUT2D eigenvalue weighted by Crippen LogP contribution is -2.00. The third-order valence-electron chi connectivity index (χ3n) is 2.25. The molecule has 0 bridgehead atoms. The molecule has 0 saturated carbocycles. The first-order chi connectivity index (χ1) is 9.10. The van der Waals surface area contributed by atoms with Crippen LogP contribution in [0.1, 0.15) is 6.92 Å². The predicted octanol–water partition coefficient (Wildman–Crippen LogP) is 3.76. The fourth-order valence-corrected chi connectivity index (χ4v) is 1.75. The van der Waals surface area contributed by atoms with Gasteiger partial charge < -0.3 is 15.2 Å². The van der Waals surface area contributed by atoms with Crippen molar-refractivity contribution in [3.63, 3.8) is 0 Å². The summed E-state index contributed by atoms with van der Waals surface area (Å²) >= 11 is 3.25. The SMILES string of the molecule is CCOc1nc(Oc2cc(Br)ccc2F)ccc1N. The average molecular weight is 327 g/mol. The molecular weight excluding hydrogens is 315 g/mol. The van der Waals surface area contributed by atoms with E-state index >= 15 is 0 Å². The number of nitrogen functional groups attached to an aromatic ring is 1. The van der Waals surface area contributed by atoms with Gasteiger partial charge in [-0.1, -0.05) is 15.9 Å². The zero-order valence-corrected chi connectivity index (χ0v) is 11.8. The average Bonchev–Trinajstić information content (AvgIpc) is 2.38. The second-order valence-electron chi connectivity index (χ2n) is 3.65. The molecule has 0 aliphatic heterocycles. The van der Waals surface area contributed by atoms with Gasteiger partial charge in [-0.3, -0.25) is 0 Å². The largest absolute Gasteiger partial charge is 0.476 e. The number of hydrogen-bond acceptors (Lipinski definition) is 4. The number of rotatable bonds is 4. The molecule has 19 heavy (non-hydrogen) atoms. The monoisotopic (exact) mass is 326 g/mol. The van der Waals surface area contributed by atoms with E-state index in [2.05, 4.69) is 20.9 Å². The Morgan fingerprint density at radius 1 is 1.32 bits per heavy atom. The molecule has 1 heterocycles. The molecule has 0 amide bonds. The molecule has 0 spiro atoms. The zero-order valence-electron chi connectivity index (χ0n) is 10.2. The summed E-state index contributed by atoms with van der Waals surface area (Å²) in [5.41, 5.74) is 6.10. The van der Waals surface area contributed by atoms with Gasteiger partial charge in [0.2, 0.25) is 11.8 Å². The molecule has 0 aliphatic rings. The lowest BCUT2D eigenvalue weighted by atomic mass is 10.3. The Morgan fingerprint density at radius 2 is 2.11 bits per heavy atom. The molecule has 1 aromatic carbocycles. The van der Waals surface area contributed by atoms with Gasteiger partial charge in [0, 0.05) is 10.5 Å². The van der Waals surface area contributed by atoms with Gasteiger partial charge in [0.15, 0.2) is 11.6 Å². The number of pyridine rings is 1. The topological polar surface area (TPSA) is 57.4 Å². The minimum atomic E-state index is -0.472. The summed E-state index contributed by atoms with van der Waals surface area (Å²) in [6.07, 6.45) is 0. The fourth-order valence-electron chi connectivity index (χ4n) is 1.41. The molecule has 0 atom stereocenters. The number of anilines is 1. The van der Waals surface area contributed by atoms with Gasteiger partial charge in [-0.25, -0.2) is 4.39 Å². The van der Waals surface area contributed by atoms with Gasteiger partial charge >= 0.3 is 0 Å². The fraction of sp³-hybridized carbons (Fsp3) is 0.154. The maximum absolute atomic E-state index is 13.6. The molecule has 0 fully saturated rings. The Labute approximate surface area is 118 Å². The molecule has 2 N–H and O–H groups in total. The Kier molecular flexibility index (Phi) is 4.21. The van der Waals surface area contributed by atoms with E-state index in [9.17, 15) is 4.39 Å². The summed E-state index contributed by atoms with van der Waals surface area (Å²) in [6.45, 7) is 2.26. The molecule has 0 unspecified atom stereocenters. The van der Waals surface area contributed by atoms with Gasteiger partial charge in [0.05, 0.1) is 12.3 Å². The van der Waals surface area contributed by atoms with Crippen molar-refractivity contribution < 1.29 is 13.9 Å². The maximum Gasteiger partial charge on any atom is 0.240 e. The van der Waals surface area contributed by atoms with Crippen LogP contribution in [-0.2, 0) is 0 Å². The van der Waals surface area contributed by atoms with E-state index in [1.807, 2.05) is 6.92 Å². The highest BCUT2D eigenvalue weighted by Crippen LogP contribution is 2.29. The summed E-state index contributed by atoms with van der Waals surface area (Å²) in [7, 11) is 0. The highest BCUT2D eigenvalue weighted by Gasteiger charge is 2.09. The van der Waals surface area contributed by atoms with Crippen molar-refractivity contribution >= 4 is 21.6 Å². The minimum absolute atomic E-state index is 0.0779. The van der Waals surface area contributed by atoms with Crippen molar-refractivity contribution in [2.24, 2.45) is 0 Å². The van der Waals surface area contributed by atoms with Gasteiger partial charge in [0.25, 0.3) is 0 Å². The number of aromatic nitrogens is 1. The van der Waals surface area contributed by atoms with E-state index in [4.69, 9.17) is 15.2 Å². The third kappa shape index (κ3) is 3.35. The summed E-state index contributed by atoms with van der Waals surface area (Å²) in [6, 6.07) is 7.57. The maximum atomic E-state index is 13.6. The third-order valence-corrected chi connectivity index (χ3v) is 2.75. The van der Waals surface area contributed by atoms with E-state index in [0.717, 1.165) is 0 Å². The number of benzene rings is 1. The van der Waals surface area contributed by atoms with E-state index in [1.165, 1.54) is 12.1 Å². The van der Waals surface area contributed by atoms with Gasteiger partial charge in [-0.05, 0) is 31.2 Å². The van der Waals surface area contributed by atoms with Crippen molar-refractivity contribution in [3.8, 4) is 17.5 Å². The first-order valence-electron chi connectivity index (χ1n) is 5.62.